The molecule has 0 spiro atoms. The molecule has 2 rings (SSSR count). The maximum Gasteiger partial charge on any atom is 0.245 e. The summed E-state index contributed by atoms with van der Waals surface area (Å²) >= 11 is 1.09. The molecule has 1 unspecified atom stereocenters. The van der Waals surface area contributed by atoms with Crippen LogP contribution in [0.1, 0.15) is 25.7 Å². The van der Waals surface area contributed by atoms with Gasteiger partial charge in [0.2, 0.25) is 5.88 Å². The van der Waals surface area contributed by atoms with Crippen molar-refractivity contribution in [3.05, 3.63) is 6.20 Å². The summed E-state index contributed by atoms with van der Waals surface area (Å²) in [4.78, 5) is 0. The second-order valence-electron chi connectivity index (χ2n) is 5.04. The lowest BCUT2D eigenvalue weighted by Crippen LogP contribution is -2.35. The number of hydrogen-bond donors (Lipinski definition) is 3. The Bertz CT molecular complexity index is 342. The van der Waals surface area contributed by atoms with Crippen LogP contribution in [-0.2, 0) is 0 Å². The van der Waals surface area contributed by atoms with Gasteiger partial charge < -0.3 is 20.3 Å². The van der Waals surface area contributed by atoms with Crippen molar-refractivity contribution in [3.8, 4) is 5.88 Å². The van der Waals surface area contributed by atoms with Crippen molar-refractivity contribution in [3.63, 3.8) is 0 Å². The lowest BCUT2D eigenvalue weighted by molar-refractivity contribution is 0.0943. The van der Waals surface area contributed by atoms with Crippen molar-refractivity contribution in [1.82, 2.24) is 14.1 Å². The molecule has 0 radical (unpaired) electrons. The Kier molecular flexibility index (Phi) is 5.96. The van der Waals surface area contributed by atoms with Crippen LogP contribution in [0.15, 0.2) is 6.20 Å². The van der Waals surface area contributed by atoms with Gasteiger partial charge >= 0.3 is 0 Å². The van der Waals surface area contributed by atoms with Gasteiger partial charge in [-0.05, 0) is 38.1 Å². The van der Waals surface area contributed by atoms with E-state index in [1.807, 2.05) is 0 Å². The highest BCUT2D eigenvalue weighted by Gasteiger charge is 2.19. The van der Waals surface area contributed by atoms with Crippen molar-refractivity contribution in [1.29, 1.82) is 0 Å². The van der Waals surface area contributed by atoms with E-state index in [-0.39, 0.29) is 12.7 Å². The van der Waals surface area contributed by atoms with Crippen LogP contribution in [0, 0.1) is 5.92 Å². The van der Waals surface area contributed by atoms with Gasteiger partial charge in [0.1, 0.15) is 18.9 Å². The van der Waals surface area contributed by atoms with Crippen molar-refractivity contribution in [2.24, 2.45) is 5.92 Å². The van der Waals surface area contributed by atoms with Crippen molar-refractivity contribution in [2.75, 3.05) is 19.7 Å². The summed E-state index contributed by atoms with van der Waals surface area (Å²) in [5.74, 6) is 1.07. The average Bonchev–Trinajstić information content (AvgIpc) is 2.92. The Morgan fingerprint density at radius 1 is 1.42 bits per heavy atom. The Labute approximate surface area is 117 Å². The highest BCUT2D eigenvalue weighted by atomic mass is 32.1. The van der Waals surface area contributed by atoms with Crippen molar-refractivity contribution in [2.45, 2.75) is 37.9 Å². The quantitative estimate of drug-likeness (QED) is 0.673. The average molecular weight is 287 g/mol. The predicted molar refractivity (Wildman–Crippen MR) is 72.2 cm³/mol. The molecule has 0 aliphatic heterocycles. The molecule has 1 saturated carbocycles. The molecule has 1 aliphatic rings. The molecule has 1 aliphatic carbocycles. The van der Waals surface area contributed by atoms with Gasteiger partial charge in [-0.1, -0.05) is 0 Å². The summed E-state index contributed by atoms with van der Waals surface area (Å²) in [5, 5.41) is 22.4. The van der Waals surface area contributed by atoms with Crippen LogP contribution in [0.5, 0.6) is 5.88 Å². The van der Waals surface area contributed by atoms with Gasteiger partial charge in [0.05, 0.1) is 17.8 Å². The van der Waals surface area contributed by atoms with Gasteiger partial charge in [-0.3, -0.25) is 0 Å². The monoisotopic (exact) mass is 287 g/mol. The van der Waals surface area contributed by atoms with E-state index in [0.717, 1.165) is 44.0 Å². The summed E-state index contributed by atoms with van der Waals surface area (Å²) in [6, 6.07) is 0. The van der Waals surface area contributed by atoms with E-state index in [4.69, 9.17) is 4.74 Å². The molecule has 0 bridgehead atoms. The molecule has 108 valence electrons. The number of aliphatic hydroxyl groups excluding tert-OH is 2. The van der Waals surface area contributed by atoms with E-state index in [1.165, 1.54) is 6.20 Å². The first kappa shape index (κ1) is 14.6. The molecule has 7 heteroatoms. The summed E-state index contributed by atoms with van der Waals surface area (Å²) < 4.78 is 13.0. The highest BCUT2D eigenvalue weighted by Crippen LogP contribution is 2.23. The Balaban J connectivity index is 1.52. The summed E-state index contributed by atoms with van der Waals surface area (Å²) in [7, 11) is 0. The summed E-state index contributed by atoms with van der Waals surface area (Å²) in [6.07, 6.45) is 4.80. The van der Waals surface area contributed by atoms with Gasteiger partial charge in [0.15, 0.2) is 0 Å². The number of ether oxygens (including phenoxy) is 1. The zero-order chi connectivity index (χ0) is 13.5. The van der Waals surface area contributed by atoms with Crippen LogP contribution in [0.2, 0.25) is 0 Å². The van der Waals surface area contributed by atoms with Gasteiger partial charge in [-0.15, -0.1) is 4.37 Å². The van der Waals surface area contributed by atoms with Crippen LogP contribution >= 0.6 is 11.7 Å². The van der Waals surface area contributed by atoms with Crippen LogP contribution in [-0.4, -0.2) is 50.9 Å². The molecule has 6 nitrogen and oxygen atoms in total. The summed E-state index contributed by atoms with van der Waals surface area (Å²) in [5.41, 5.74) is 0. The molecule has 1 atom stereocenters. The lowest BCUT2D eigenvalue weighted by Gasteiger charge is -2.25. The maximum atomic E-state index is 9.75. The van der Waals surface area contributed by atoms with Crippen molar-refractivity contribution < 1.29 is 14.9 Å². The Hall–Kier alpha value is -0.760. The van der Waals surface area contributed by atoms with Crippen LogP contribution in [0.4, 0.5) is 0 Å². The number of nitrogens with one attached hydrogen (secondary N) is 1. The third-order valence-corrected chi connectivity index (χ3v) is 3.86. The molecular formula is C12H21N3O3S. The molecule has 0 aromatic carbocycles. The third kappa shape index (κ3) is 5.40. The smallest absolute Gasteiger partial charge is 0.245 e. The SMILES string of the molecule is OC1CCC(CNCC(O)COc2cnsn2)CC1. The number of aliphatic hydroxyl groups is 2. The molecule has 1 aromatic rings. The molecule has 0 saturated heterocycles. The fourth-order valence-corrected chi connectivity index (χ4v) is 2.63. The van der Waals surface area contributed by atoms with Gasteiger partial charge in [-0.25, -0.2) is 0 Å². The van der Waals surface area contributed by atoms with E-state index in [2.05, 4.69) is 14.1 Å². The largest absolute Gasteiger partial charge is 0.473 e. The fraction of sp³-hybridized carbons (Fsp3) is 0.833. The number of aromatic nitrogens is 2. The molecule has 19 heavy (non-hydrogen) atoms. The number of rotatable bonds is 7. The number of hydrogen-bond acceptors (Lipinski definition) is 7. The second kappa shape index (κ2) is 7.74. The summed E-state index contributed by atoms with van der Waals surface area (Å²) in [6.45, 7) is 1.63. The molecule has 1 heterocycles. The van der Waals surface area contributed by atoms with Gasteiger partial charge in [0, 0.05) is 6.54 Å². The molecule has 3 N–H and O–H groups in total. The first-order chi connectivity index (χ1) is 9.24. The minimum Gasteiger partial charge on any atom is -0.473 e. The first-order valence-corrected chi connectivity index (χ1v) is 7.44. The zero-order valence-corrected chi connectivity index (χ0v) is 11.7. The number of nitrogens with zero attached hydrogens (tertiary/aromatic N) is 2. The standard InChI is InChI=1S/C12H21N3O3S/c16-10-3-1-9(2-4-10)5-13-6-11(17)8-18-12-7-14-19-15-12/h7,9-11,13,16-17H,1-6,8H2. The van der Waals surface area contributed by atoms with E-state index < -0.39 is 6.10 Å². The Morgan fingerprint density at radius 2 is 2.21 bits per heavy atom. The van der Waals surface area contributed by atoms with E-state index in [1.54, 1.807) is 0 Å². The molecule has 1 fully saturated rings. The Morgan fingerprint density at radius 3 is 2.89 bits per heavy atom. The minimum absolute atomic E-state index is 0.109. The van der Waals surface area contributed by atoms with Crippen LogP contribution in [0.3, 0.4) is 0 Å². The van der Waals surface area contributed by atoms with E-state index in [0.29, 0.717) is 18.3 Å². The molecule has 1 aromatic heterocycles. The van der Waals surface area contributed by atoms with E-state index >= 15 is 0 Å². The van der Waals surface area contributed by atoms with E-state index in [9.17, 15) is 10.2 Å². The van der Waals surface area contributed by atoms with Crippen molar-refractivity contribution >= 4 is 11.7 Å². The predicted octanol–water partition coefficient (Wildman–Crippen LogP) is 0.418. The normalized spacial score (nSPS) is 25.2. The van der Waals surface area contributed by atoms with Crippen LogP contribution in [0.25, 0.3) is 0 Å². The first-order valence-electron chi connectivity index (χ1n) is 6.71. The highest BCUT2D eigenvalue weighted by molar-refractivity contribution is 6.99. The second-order valence-corrected chi connectivity index (χ2v) is 5.60. The zero-order valence-electron chi connectivity index (χ0n) is 10.9. The third-order valence-electron chi connectivity index (χ3n) is 3.39. The van der Waals surface area contributed by atoms with Crippen LogP contribution < -0.4 is 10.1 Å². The molecule has 0 amide bonds. The van der Waals surface area contributed by atoms with Gasteiger partial charge in [0.25, 0.3) is 0 Å². The lowest BCUT2D eigenvalue weighted by atomic mass is 9.87. The molecular weight excluding hydrogens is 266 g/mol. The maximum absolute atomic E-state index is 9.75. The topological polar surface area (TPSA) is 87.5 Å². The van der Waals surface area contributed by atoms with Gasteiger partial charge in [-0.2, -0.15) is 4.37 Å². The fourth-order valence-electron chi connectivity index (χ4n) is 2.26. The minimum atomic E-state index is -0.545.